The molecule has 0 aliphatic rings. The molecule has 0 aliphatic heterocycles. The highest BCUT2D eigenvalue weighted by Crippen LogP contribution is 2.34. The highest BCUT2D eigenvalue weighted by atomic mass is 32.2. The monoisotopic (exact) mass is 279 g/mol. The van der Waals surface area contributed by atoms with Crippen molar-refractivity contribution >= 4 is 17.4 Å². The van der Waals surface area contributed by atoms with Crippen LogP contribution in [0.2, 0.25) is 0 Å². The lowest BCUT2D eigenvalue weighted by atomic mass is 10.3. The number of anilines is 1. The Balaban J connectivity index is 2.23. The summed E-state index contributed by atoms with van der Waals surface area (Å²) in [5.74, 6) is 0.0391. The average molecular weight is 279 g/mol. The zero-order chi connectivity index (χ0) is 13.7. The van der Waals surface area contributed by atoms with Crippen LogP contribution in [0.25, 0.3) is 0 Å². The topological polar surface area (TPSA) is 61.0 Å². The highest BCUT2D eigenvalue weighted by molar-refractivity contribution is 7.99. The molecular formula is C13H14FN3OS. The first kappa shape index (κ1) is 13.6. The molecule has 2 aromatic rings. The molecule has 0 atom stereocenters. The molecule has 1 aromatic carbocycles. The van der Waals surface area contributed by atoms with Gasteiger partial charge in [-0.25, -0.2) is 9.37 Å². The van der Waals surface area contributed by atoms with Gasteiger partial charge in [-0.3, -0.25) is 0 Å². The van der Waals surface area contributed by atoms with Gasteiger partial charge >= 0.3 is 0 Å². The Kier molecular flexibility index (Phi) is 4.57. The third-order valence-electron chi connectivity index (χ3n) is 2.30. The molecule has 0 fully saturated rings. The molecule has 0 spiro atoms. The van der Waals surface area contributed by atoms with Crippen molar-refractivity contribution in [2.24, 2.45) is 0 Å². The van der Waals surface area contributed by atoms with Crippen LogP contribution in [0.4, 0.5) is 10.1 Å². The normalized spacial score (nSPS) is 10.4. The summed E-state index contributed by atoms with van der Waals surface area (Å²) in [6, 6.07) is 6.47. The number of ether oxygens (including phenoxy) is 1. The molecule has 2 rings (SSSR count). The van der Waals surface area contributed by atoms with Crippen LogP contribution >= 0.6 is 11.8 Å². The summed E-state index contributed by atoms with van der Waals surface area (Å²) in [6.07, 6.45) is 2.23. The van der Waals surface area contributed by atoms with Crippen molar-refractivity contribution in [1.29, 1.82) is 0 Å². The first-order valence-corrected chi connectivity index (χ1v) is 6.69. The van der Waals surface area contributed by atoms with Gasteiger partial charge in [0.15, 0.2) is 0 Å². The van der Waals surface area contributed by atoms with Gasteiger partial charge in [-0.05, 0) is 18.6 Å². The van der Waals surface area contributed by atoms with Gasteiger partial charge in [-0.15, -0.1) is 0 Å². The molecule has 0 unspecified atom stereocenters. The van der Waals surface area contributed by atoms with Gasteiger partial charge < -0.3 is 10.5 Å². The molecule has 1 aromatic heterocycles. The predicted octanol–water partition coefficient (Wildman–Crippen LogP) is 3.14. The number of halogens is 1. The van der Waals surface area contributed by atoms with Crippen molar-refractivity contribution in [1.82, 2.24) is 9.97 Å². The number of hydrogen-bond donors (Lipinski definition) is 1. The minimum Gasteiger partial charge on any atom is -0.476 e. The van der Waals surface area contributed by atoms with E-state index < -0.39 is 0 Å². The lowest BCUT2D eigenvalue weighted by Crippen LogP contribution is -2.03. The van der Waals surface area contributed by atoms with Crippen LogP contribution in [0.3, 0.4) is 0 Å². The van der Waals surface area contributed by atoms with E-state index in [0.29, 0.717) is 28.1 Å². The summed E-state index contributed by atoms with van der Waals surface area (Å²) in [6.45, 7) is 2.53. The summed E-state index contributed by atoms with van der Waals surface area (Å²) >= 11 is 1.16. The average Bonchev–Trinajstić information content (AvgIpc) is 2.42. The molecule has 4 nitrogen and oxygen atoms in total. The van der Waals surface area contributed by atoms with E-state index >= 15 is 0 Å². The van der Waals surface area contributed by atoms with E-state index in [0.717, 1.165) is 18.2 Å². The van der Waals surface area contributed by atoms with E-state index in [-0.39, 0.29) is 5.82 Å². The fourth-order valence-corrected chi connectivity index (χ4v) is 2.21. The number of aromatic nitrogens is 2. The maximum atomic E-state index is 13.6. The number of benzene rings is 1. The molecule has 0 bridgehead atoms. The van der Waals surface area contributed by atoms with Gasteiger partial charge in [0.05, 0.1) is 6.61 Å². The molecule has 1 heterocycles. The first-order valence-electron chi connectivity index (χ1n) is 5.88. The summed E-state index contributed by atoms with van der Waals surface area (Å²) in [5, 5.41) is 0.492. The van der Waals surface area contributed by atoms with Crippen LogP contribution in [0.15, 0.2) is 40.5 Å². The third-order valence-corrected chi connectivity index (χ3v) is 3.37. The van der Waals surface area contributed by atoms with Crippen molar-refractivity contribution in [2.75, 3.05) is 12.3 Å². The Morgan fingerprint density at radius 2 is 2.11 bits per heavy atom. The smallest absolute Gasteiger partial charge is 0.241 e. The van der Waals surface area contributed by atoms with E-state index in [2.05, 4.69) is 9.97 Å². The van der Waals surface area contributed by atoms with Gasteiger partial charge in [0.1, 0.15) is 22.9 Å². The second-order valence-corrected chi connectivity index (χ2v) is 4.81. The SMILES string of the molecule is CCCOc1ncnc(Sc2ccccc2F)c1N. The molecule has 0 saturated heterocycles. The van der Waals surface area contributed by atoms with Crippen molar-refractivity contribution in [3.63, 3.8) is 0 Å². The molecule has 0 saturated carbocycles. The molecule has 6 heteroatoms. The highest BCUT2D eigenvalue weighted by Gasteiger charge is 2.12. The Morgan fingerprint density at radius 1 is 1.32 bits per heavy atom. The van der Waals surface area contributed by atoms with E-state index in [9.17, 15) is 4.39 Å². The standard InChI is InChI=1S/C13H14FN3OS/c1-2-7-18-12-11(15)13(17-8-16-12)19-10-6-4-3-5-9(10)14/h3-6,8H,2,7,15H2,1H3. The Morgan fingerprint density at radius 3 is 2.84 bits per heavy atom. The van der Waals surface area contributed by atoms with Crippen LogP contribution in [-0.2, 0) is 0 Å². The number of nitrogen functional groups attached to an aromatic ring is 1. The summed E-state index contributed by atoms with van der Waals surface area (Å²) in [7, 11) is 0. The summed E-state index contributed by atoms with van der Waals surface area (Å²) in [5.41, 5.74) is 6.27. The van der Waals surface area contributed by atoms with Crippen LogP contribution < -0.4 is 10.5 Å². The van der Waals surface area contributed by atoms with Crippen LogP contribution in [0, 0.1) is 5.82 Å². The van der Waals surface area contributed by atoms with Crippen molar-refractivity contribution < 1.29 is 9.13 Å². The summed E-state index contributed by atoms with van der Waals surface area (Å²) in [4.78, 5) is 8.51. The molecular weight excluding hydrogens is 265 g/mol. The van der Waals surface area contributed by atoms with Gasteiger partial charge in [-0.2, -0.15) is 4.98 Å². The first-order chi connectivity index (χ1) is 9.22. The fraction of sp³-hybridized carbons (Fsp3) is 0.231. The fourth-order valence-electron chi connectivity index (χ4n) is 1.39. The molecule has 19 heavy (non-hydrogen) atoms. The quantitative estimate of drug-likeness (QED) is 0.852. The molecule has 0 radical (unpaired) electrons. The predicted molar refractivity (Wildman–Crippen MR) is 72.8 cm³/mol. The van der Waals surface area contributed by atoms with Crippen LogP contribution in [-0.4, -0.2) is 16.6 Å². The maximum absolute atomic E-state index is 13.6. The second kappa shape index (κ2) is 6.38. The van der Waals surface area contributed by atoms with Crippen LogP contribution in [0.5, 0.6) is 5.88 Å². The van der Waals surface area contributed by atoms with Gasteiger partial charge in [0.2, 0.25) is 5.88 Å². The molecule has 0 amide bonds. The van der Waals surface area contributed by atoms with E-state index in [1.54, 1.807) is 18.2 Å². The number of hydrogen-bond acceptors (Lipinski definition) is 5. The Bertz CT molecular complexity index is 565. The van der Waals surface area contributed by atoms with Gasteiger partial charge in [0.25, 0.3) is 0 Å². The van der Waals surface area contributed by atoms with Crippen molar-refractivity contribution in [2.45, 2.75) is 23.3 Å². The Hall–Kier alpha value is -1.82. The minimum absolute atomic E-state index is 0.304. The van der Waals surface area contributed by atoms with E-state index in [1.807, 2.05) is 6.92 Å². The zero-order valence-electron chi connectivity index (χ0n) is 10.5. The van der Waals surface area contributed by atoms with Crippen molar-refractivity contribution in [3.05, 3.63) is 36.4 Å². The van der Waals surface area contributed by atoms with Gasteiger partial charge in [-0.1, -0.05) is 30.8 Å². The Labute approximate surface area is 115 Å². The lowest BCUT2D eigenvalue weighted by molar-refractivity contribution is 0.305. The van der Waals surface area contributed by atoms with Gasteiger partial charge in [0, 0.05) is 4.90 Å². The molecule has 0 aliphatic carbocycles. The van der Waals surface area contributed by atoms with Crippen LogP contribution in [0.1, 0.15) is 13.3 Å². The number of nitrogens with two attached hydrogens (primary N) is 1. The van der Waals surface area contributed by atoms with E-state index in [4.69, 9.17) is 10.5 Å². The zero-order valence-corrected chi connectivity index (χ0v) is 11.3. The number of rotatable bonds is 5. The van der Waals surface area contributed by atoms with E-state index in [1.165, 1.54) is 12.4 Å². The summed E-state index contributed by atoms with van der Waals surface area (Å²) < 4.78 is 19.0. The van der Waals surface area contributed by atoms with Crippen molar-refractivity contribution in [3.8, 4) is 5.88 Å². The molecule has 2 N–H and O–H groups in total. The second-order valence-electron chi connectivity index (χ2n) is 3.78. The largest absolute Gasteiger partial charge is 0.476 e. The lowest BCUT2D eigenvalue weighted by Gasteiger charge is -2.09. The number of nitrogens with zero attached hydrogens (tertiary/aromatic N) is 2. The third kappa shape index (κ3) is 3.35. The maximum Gasteiger partial charge on any atom is 0.241 e. The molecule has 100 valence electrons. The minimum atomic E-state index is -0.304.